The van der Waals surface area contributed by atoms with Crippen molar-refractivity contribution in [1.82, 2.24) is 15.5 Å². The zero-order valence-electron chi connectivity index (χ0n) is 11.5. The summed E-state index contributed by atoms with van der Waals surface area (Å²) in [6.45, 7) is 5.00. The molecule has 1 N–H and O–H groups in total. The Morgan fingerprint density at radius 1 is 1.20 bits per heavy atom. The van der Waals surface area contributed by atoms with Gasteiger partial charge in [-0.2, -0.15) is 0 Å². The van der Waals surface area contributed by atoms with Gasteiger partial charge in [-0.25, -0.2) is 8.78 Å². The Morgan fingerprint density at radius 3 is 2.70 bits per heavy atom. The van der Waals surface area contributed by atoms with Crippen molar-refractivity contribution in [3.63, 3.8) is 0 Å². The Bertz CT molecular complexity index is 569. The van der Waals surface area contributed by atoms with E-state index in [2.05, 4.69) is 29.4 Å². The van der Waals surface area contributed by atoms with Crippen LogP contribution in [-0.4, -0.2) is 22.8 Å². The molecule has 0 atom stereocenters. The third kappa shape index (κ3) is 4.05. The van der Waals surface area contributed by atoms with Crippen molar-refractivity contribution in [2.45, 2.75) is 32.7 Å². The second kappa shape index (κ2) is 6.85. The summed E-state index contributed by atoms with van der Waals surface area (Å²) >= 11 is 1.44. The number of aromatic nitrogens is 2. The van der Waals surface area contributed by atoms with Gasteiger partial charge in [-0.1, -0.05) is 26.0 Å². The lowest BCUT2D eigenvalue weighted by molar-refractivity contribution is 0.500. The van der Waals surface area contributed by atoms with Gasteiger partial charge in [-0.05, 0) is 11.6 Å². The molecule has 20 heavy (non-hydrogen) atoms. The first-order chi connectivity index (χ1) is 9.56. The van der Waals surface area contributed by atoms with Crippen LogP contribution in [0.2, 0.25) is 0 Å². The monoisotopic (exact) mass is 297 g/mol. The minimum atomic E-state index is -0.826. The molecule has 0 aliphatic carbocycles. The van der Waals surface area contributed by atoms with E-state index in [-0.39, 0.29) is 6.42 Å². The molecule has 0 amide bonds. The first-order valence-corrected chi connectivity index (χ1v) is 7.35. The molecule has 6 heteroatoms. The molecule has 0 fully saturated rings. The molecule has 0 radical (unpaired) electrons. The molecular formula is C14H17F2N3S. The quantitative estimate of drug-likeness (QED) is 0.891. The molecule has 0 aliphatic heterocycles. The molecule has 0 aliphatic rings. The fourth-order valence-electron chi connectivity index (χ4n) is 1.78. The summed E-state index contributed by atoms with van der Waals surface area (Å²) < 4.78 is 26.7. The molecule has 108 valence electrons. The molecule has 1 aromatic carbocycles. The van der Waals surface area contributed by atoms with Gasteiger partial charge >= 0.3 is 0 Å². The number of benzene rings is 1. The van der Waals surface area contributed by atoms with E-state index in [4.69, 9.17) is 0 Å². The molecule has 2 aromatic rings. The standard InChI is InChI=1S/C14H17F2N3S/c1-9(2)17-7-6-12-18-19-13(20-12)8-10-4-3-5-11(15)14(10)16/h3-5,9,17H,6-8H2,1-2H3. The maximum absolute atomic E-state index is 13.6. The highest BCUT2D eigenvalue weighted by Crippen LogP contribution is 2.18. The van der Waals surface area contributed by atoms with E-state index in [0.29, 0.717) is 16.6 Å². The number of hydrogen-bond acceptors (Lipinski definition) is 4. The summed E-state index contributed by atoms with van der Waals surface area (Å²) in [5, 5.41) is 13.0. The number of hydrogen-bond donors (Lipinski definition) is 1. The topological polar surface area (TPSA) is 37.8 Å². The summed E-state index contributed by atoms with van der Waals surface area (Å²) in [4.78, 5) is 0. The maximum atomic E-state index is 13.6. The van der Waals surface area contributed by atoms with Gasteiger partial charge in [0.2, 0.25) is 0 Å². The largest absolute Gasteiger partial charge is 0.314 e. The minimum Gasteiger partial charge on any atom is -0.314 e. The molecular weight excluding hydrogens is 280 g/mol. The zero-order valence-corrected chi connectivity index (χ0v) is 12.3. The van der Waals surface area contributed by atoms with Crippen LogP contribution < -0.4 is 5.32 Å². The molecule has 0 unspecified atom stereocenters. The van der Waals surface area contributed by atoms with Crippen molar-refractivity contribution < 1.29 is 8.78 Å². The smallest absolute Gasteiger partial charge is 0.162 e. The lowest BCUT2D eigenvalue weighted by Gasteiger charge is -2.05. The van der Waals surface area contributed by atoms with Gasteiger partial charge in [0.15, 0.2) is 11.6 Å². The minimum absolute atomic E-state index is 0.277. The number of halogens is 2. The van der Waals surface area contributed by atoms with Crippen LogP contribution in [0.4, 0.5) is 8.78 Å². The van der Waals surface area contributed by atoms with Crippen LogP contribution in [0.3, 0.4) is 0 Å². The average molecular weight is 297 g/mol. The van der Waals surface area contributed by atoms with Gasteiger partial charge in [0, 0.05) is 25.4 Å². The molecule has 3 nitrogen and oxygen atoms in total. The fourth-order valence-corrected chi connectivity index (χ4v) is 2.64. The van der Waals surface area contributed by atoms with Crippen LogP contribution >= 0.6 is 11.3 Å². The number of rotatable bonds is 6. The summed E-state index contributed by atoms with van der Waals surface area (Å²) in [6, 6.07) is 4.62. The van der Waals surface area contributed by atoms with Gasteiger partial charge in [0.05, 0.1) is 0 Å². The fraction of sp³-hybridized carbons (Fsp3) is 0.429. The molecule has 0 spiro atoms. The van der Waals surface area contributed by atoms with Crippen LogP contribution in [0, 0.1) is 11.6 Å². The van der Waals surface area contributed by atoms with Crippen molar-refractivity contribution in [3.8, 4) is 0 Å². The van der Waals surface area contributed by atoms with Crippen LogP contribution in [-0.2, 0) is 12.8 Å². The Balaban J connectivity index is 1.97. The molecule has 0 bridgehead atoms. The zero-order chi connectivity index (χ0) is 14.5. The van der Waals surface area contributed by atoms with Crippen molar-refractivity contribution in [3.05, 3.63) is 45.4 Å². The first-order valence-electron chi connectivity index (χ1n) is 6.54. The number of nitrogens with one attached hydrogen (secondary N) is 1. The first kappa shape index (κ1) is 15.0. The van der Waals surface area contributed by atoms with E-state index in [1.54, 1.807) is 6.07 Å². The van der Waals surface area contributed by atoms with E-state index >= 15 is 0 Å². The maximum Gasteiger partial charge on any atom is 0.162 e. The lowest BCUT2D eigenvalue weighted by atomic mass is 10.1. The van der Waals surface area contributed by atoms with Gasteiger partial charge in [0.25, 0.3) is 0 Å². The third-order valence-electron chi connectivity index (χ3n) is 2.77. The van der Waals surface area contributed by atoms with Crippen molar-refractivity contribution in [2.75, 3.05) is 6.54 Å². The van der Waals surface area contributed by atoms with E-state index in [9.17, 15) is 8.78 Å². The summed E-state index contributed by atoms with van der Waals surface area (Å²) in [5.74, 6) is -1.63. The predicted octanol–water partition coefficient (Wildman–Crippen LogP) is 2.95. The number of nitrogens with zero attached hydrogens (tertiary/aromatic N) is 2. The summed E-state index contributed by atoms with van der Waals surface area (Å²) in [5.41, 5.74) is 0.313. The Labute approximate surface area is 121 Å². The molecule has 2 rings (SSSR count). The predicted molar refractivity (Wildman–Crippen MR) is 75.9 cm³/mol. The second-order valence-electron chi connectivity index (χ2n) is 4.84. The van der Waals surface area contributed by atoms with Crippen LogP contribution in [0.1, 0.15) is 29.4 Å². The lowest BCUT2D eigenvalue weighted by Crippen LogP contribution is -2.24. The average Bonchev–Trinajstić information content (AvgIpc) is 2.82. The van der Waals surface area contributed by atoms with Gasteiger partial charge in [0.1, 0.15) is 10.0 Å². The SMILES string of the molecule is CC(C)NCCc1nnc(Cc2cccc(F)c2F)s1. The Morgan fingerprint density at radius 2 is 1.95 bits per heavy atom. The van der Waals surface area contributed by atoms with Gasteiger partial charge < -0.3 is 5.32 Å². The summed E-state index contributed by atoms with van der Waals surface area (Å²) in [7, 11) is 0. The van der Waals surface area contributed by atoms with Gasteiger partial charge in [-0.15, -0.1) is 21.5 Å². The van der Waals surface area contributed by atoms with Crippen LogP contribution in [0.15, 0.2) is 18.2 Å². The Hall–Kier alpha value is -1.40. The van der Waals surface area contributed by atoms with Crippen LogP contribution in [0.25, 0.3) is 0 Å². The van der Waals surface area contributed by atoms with Crippen molar-refractivity contribution in [1.29, 1.82) is 0 Å². The normalized spacial score (nSPS) is 11.2. The molecule has 0 saturated heterocycles. The van der Waals surface area contributed by atoms with E-state index in [1.165, 1.54) is 17.4 Å². The molecule has 0 saturated carbocycles. The van der Waals surface area contributed by atoms with E-state index in [1.807, 2.05) is 0 Å². The van der Waals surface area contributed by atoms with Crippen LogP contribution in [0.5, 0.6) is 0 Å². The summed E-state index contributed by atoms with van der Waals surface area (Å²) in [6.07, 6.45) is 1.07. The molecule has 1 heterocycles. The highest BCUT2D eigenvalue weighted by molar-refractivity contribution is 7.11. The van der Waals surface area contributed by atoms with Crippen molar-refractivity contribution in [2.24, 2.45) is 0 Å². The molecule has 1 aromatic heterocycles. The Kier molecular flexibility index (Phi) is 5.14. The highest BCUT2D eigenvalue weighted by Gasteiger charge is 2.11. The highest BCUT2D eigenvalue weighted by atomic mass is 32.1. The van der Waals surface area contributed by atoms with Crippen molar-refractivity contribution >= 4 is 11.3 Å². The van der Waals surface area contributed by atoms with E-state index < -0.39 is 11.6 Å². The van der Waals surface area contributed by atoms with Gasteiger partial charge in [-0.3, -0.25) is 0 Å². The third-order valence-corrected chi connectivity index (χ3v) is 3.76. The van der Waals surface area contributed by atoms with E-state index in [0.717, 1.165) is 24.0 Å². The second-order valence-corrected chi connectivity index (χ2v) is 5.98.